The van der Waals surface area contributed by atoms with Gasteiger partial charge in [-0.25, -0.2) is 0 Å². The molecule has 0 spiro atoms. The summed E-state index contributed by atoms with van der Waals surface area (Å²) < 4.78 is 6.43. The molecule has 14 heavy (non-hydrogen) atoms. The van der Waals surface area contributed by atoms with Gasteiger partial charge in [-0.1, -0.05) is 0 Å². The lowest BCUT2D eigenvalue weighted by Crippen LogP contribution is -2.46. The molecule has 1 aliphatic heterocycles. The number of nitrogens with zero attached hydrogens (tertiary/aromatic N) is 1. The quantitative estimate of drug-likeness (QED) is 0.847. The summed E-state index contributed by atoms with van der Waals surface area (Å²) in [6.07, 6.45) is 1.52. The lowest BCUT2D eigenvalue weighted by atomic mass is 9.80. The number of ether oxygens (including phenoxy) is 1. The van der Waals surface area contributed by atoms with Crippen LogP contribution in [0.25, 0.3) is 0 Å². The smallest absolute Gasteiger partial charge is 0.0701 e. The SMILES string of the molecule is N#CCCC1(c2ccc(Br)s2)COC1. The van der Waals surface area contributed by atoms with Gasteiger partial charge in [-0.2, -0.15) is 5.26 Å². The number of halogens is 1. The summed E-state index contributed by atoms with van der Waals surface area (Å²) in [5, 5.41) is 8.60. The highest BCUT2D eigenvalue weighted by Gasteiger charge is 2.40. The lowest BCUT2D eigenvalue weighted by Gasteiger charge is -2.40. The fourth-order valence-corrected chi connectivity index (χ4v) is 3.23. The first kappa shape index (κ1) is 10.2. The molecule has 0 atom stereocenters. The third-order valence-corrected chi connectivity index (χ3v) is 4.44. The average Bonchev–Trinajstić information content (AvgIpc) is 2.51. The van der Waals surface area contributed by atoms with E-state index in [-0.39, 0.29) is 5.41 Å². The Hall–Kier alpha value is -0.370. The fraction of sp³-hybridized carbons (Fsp3) is 0.500. The van der Waals surface area contributed by atoms with Crippen LogP contribution in [0.5, 0.6) is 0 Å². The van der Waals surface area contributed by atoms with Gasteiger partial charge in [0.2, 0.25) is 0 Å². The van der Waals surface area contributed by atoms with Crippen LogP contribution in [0.2, 0.25) is 0 Å². The van der Waals surface area contributed by atoms with Gasteiger partial charge in [-0.05, 0) is 34.5 Å². The third kappa shape index (κ3) is 1.72. The van der Waals surface area contributed by atoms with E-state index in [1.54, 1.807) is 11.3 Å². The van der Waals surface area contributed by atoms with Crippen LogP contribution < -0.4 is 0 Å². The summed E-state index contributed by atoms with van der Waals surface area (Å²) >= 11 is 5.21. The van der Waals surface area contributed by atoms with Gasteiger partial charge in [-0.15, -0.1) is 11.3 Å². The number of rotatable bonds is 3. The Morgan fingerprint density at radius 1 is 1.57 bits per heavy atom. The van der Waals surface area contributed by atoms with E-state index in [4.69, 9.17) is 10.00 Å². The highest BCUT2D eigenvalue weighted by Crippen LogP contribution is 2.41. The summed E-state index contributed by atoms with van der Waals surface area (Å²) in [6.45, 7) is 1.53. The normalized spacial score (nSPS) is 18.6. The van der Waals surface area contributed by atoms with Gasteiger partial charge in [0.1, 0.15) is 0 Å². The molecular weight excluding hydrogens is 262 g/mol. The van der Waals surface area contributed by atoms with Crippen LogP contribution in [-0.4, -0.2) is 13.2 Å². The van der Waals surface area contributed by atoms with Crippen molar-refractivity contribution in [2.75, 3.05) is 13.2 Å². The van der Waals surface area contributed by atoms with E-state index in [0.29, 0.717) is 6.42 Å². The Morgan fingerprint density at radius 2 is 2.36 bits per heavy atom. The maximum atomic E-state index is 8.60. The Morgan fingerprint density at radius 3 is 2.79 bits per heavy atom. The maximum absolute atomic E-state index is 8.60. The summed E-state index contributed by atoms with van der Waals surface area (Å²) in [7, 11) is 0. The molecular formula is C10H10BrNOS. The second-order valence-electron chi connectivity index (χ2n) is 3.54. The molecule has 0 aromatic carbocycles. The molecule has 0 unspecified atom stereocenters. The van der Waals surface area contributed by atoms with Gasteiger partial charge in [0.15, 0.2) is 0 Å². The van der Waals surface area contributed by atoms with E-state index < -0.39 is 0 Å². The highest BCUT2D eigenvalue weighted by molar-refractivity contribution is 9.11. The molecule has 1 fully saturated rings. The van der Waals surface area contributed by atoms with E-state index in [0.717, 1.165) is 23.4 Å². The lowest BCUT2D eigenvalue weighted by molar-refractivity contribution is -0.0618. The minimum atomic E-state index is 0.131. The van der Waals surface area contributed by atoms with Crippen LogP contribution in [0.4, 0.5) is 0 Å². The van der Waals surface area contributed by atoms with Crippen molar-refractivity contribution < 1.29 is 4.74 Å². The van der Waals surface area contributed by atoms with Gasteiger partial charge < -0.3 is 4.74 Å². The molecule has 74 valence electrons. The summed E-state index contributed by atoms with van der Waals surface area (Å²) in [4.78, 5) is 1.34. The van der Waals surface area contributed by atoms with E-state index in [1.165, 1.54) is 4.88 Å². The number of hydrogen-bond acceptors (Lipinski definition) is 3. The third-order valence-electron chi connectivity index (χ3n) is 2.57. The summed E-state index contributed by atoms with van der Waals surface area (Å²) in [6, 6.07) is 6.40. The minimum Gasteiger partial charge on any atom is -0.379 e. The second kappa shape index (κ2) is 4.01. The molecule has 0 saturated carbocycles. The van der Waals surface area contributed by atoms with Gasteiger partial charge in [-0.3, -0.25) is 0 Å². The minimum absolute atomic E-state index is 0.131. The number of hydrogen-bond donors (Lipinski definition) is 0. The van der Waals surface area contributed by atoms with Crippen molar-refractivity contribution in [1.82, 2.24) is 0 Å². The average molecular weight is 272 g/mol. The first-order valence-corrected chi connectivity index (χ1v) is 6.08. The molecule has 1 saturated heterocycles. The molecule has 0 radical (unpaired) electrons. The fourth-order valence-electron chi connectivity index (χ4n) is 1.65. The van der Waals surface area contributed by atoms with Gasteiger partial charge in [0.25, 0.3) is 0 Å². The first-order chi connectivity index (χ1) is 6.77. The van der Waals surface area contributed by atoms with Crippen molar-refractivity contribution in [2.45, 2.75) is 18.3 Å². The largest absolute Gasteiger partial charge is 0.379 e. The molecule has 1 aliphatic rings. The molecule has 2 rings (SSSR count). The molecule has 1 aromatic rings. The van der Waals surface area contributed by atoms with Crippen LogP contribution in [0, 0.1) is 11.3 Å². The second-order valence-corrected chi connectivity index (χ2v) is 6.00. The summed E-state index contributed by atoms with van der Waals surface area (Å²) in [5.74, 6) is 0. The predicted octanol–water partition coefficient (Wildman–Crippen LogP) is 3.08. The Kier molecular flexibility index (Phi) is 2.91. The van der Waals surface area contributed by atoms with E-state index >= 15 is 0 Å². The summed E-state index contributed by atoms with van der Waals surface area (Å²) in [5.41, 5.74) is 0.131. The van der Waals surface area contributed by atoms with Gasteiger partial charge >= 0.3 is 0 Å². The highest BCUT2D eigenvalue weighted by atomic mass is 79.9. The van der Waals surface area contributed by atoms with Crippen molar-refractivity contribution in [3.63, 3.8) is 0 Å². The number of thiophene rings is 1. The Bertz CT molecular complexity index is 364. The van der Waals surface area contributed by atoms with Gasteiger partial charge in [0, 0.05) is 11.3 Å². The van der Waals surface area contributed by atoms with Crippen molar-refractivity contribution >= 4 is 27.3 Å². The molecule has 1 aromatic heterocycles. The van der Waals surface area contributed by atoms with E-state index in [9.17, 15) is 0 Å². The Balaban J connectivity index is 2.16. The van der Waals surface area contributed by atoms with Crippen LogP contribution in [0.15, 0.2) is 15.9 Å². The zero-order chi connectivity index (χ0) is 10.0. The predicted molar refractivity (Wildman–Crippen MR) is 59.4 cm³/mol. The molecule has 0 bridgehead atoms. The topological polar surface area (TPSA) is 33.0 Å². The zero-order valence-electron chi connectivity index (χ0n) is 7.62. The molecule has 4 heteroatoms. The molecule has 2 nitrogen and oxygen atoms in total. The maximum Gasteiger partial charge on any atom is 0.0701 e. The van der Waals surface area contributed by atoms with Crippen molar-refractivity contribution in [2.24, 2.45) is 0 Å². The van der Waals surface area contributed by atoms with E-state index in [1.807, 2.05) is 0 Å². The van der Waals surface area contributed by atoms with Crippen LogP contribution in [0.1, 0.15) is 17.7 Å². The van der Waals surface area contributed by atoms with Gasteiger partial charge in [0.05, 0.1) is 28.5 Å². The first-order valence-electron chi connectivity index (χ1n) is 4.47. The molecule has 0 amide bonds. The van der Waals surface area contributed by atoms with E-state index in [2.05, 4.69) is 34.1 Å². The van der Waals surface area contributed by atoms with Crippen molar-refractivity contribution in [3.05, 3.63) is 20.8 Å². The molecule has 0 aliphatic carbocycles. The van der Waals surface area contributed by atoms with Crippen LogP contribution >= 0.6 is 27.3 Å². The standard InChI is InChI=1S/C10H10BrNOS/c11-9-3-2-8(14-9)10(4-1-5-12)6-13-7-10/h2-3H,1,4,6-7H2. The molecule has 2 heterocycles. The Labute approximate surface area is 95.6 Å². The van der Waals surface area contributed by atoms with Crippen molar-refractivity contribution in [3.8, 4) is 6.07 Å². The monoisotopic (exact) mass is 271 g/mol. The van der Waals surface area contributed by atoms with Crippen LogP contribution in [-0.2, 0) is 10.2 Å². The molecule has 0 N–H and O–H groups in total. The number of nitriles is 1. The van der Waals surface area contributed by atoms with Crippen molar-refractivity contribution in [1.29, 1.82) is 5.26 Å². The zero-order valence-corrected chi connectivity index (χ0v) is 10.0. The van der Waals surface area contributed by atoms with Crippen LogP contribution in [0.3, 0.4) is 0 Å².